The molecule has 1 amide bonds. The van der Waals surface area contributed by atoms with E-state index in [1.165, 1.54) is 5.56 Å². The van der Waals surface area contributed by atoms with Gasteiger partial charge >= 0.3 is 0 Å². The molecule has 28 heavy (non-hydrogen) atoms. The molecule has 2 aliphatic rings. The molecule has 1 saturated carbocycles. The third-order valence-electron chi connectivity index (χ3n) is 5.33. The Kier molecular flexibility index (Phi) is 6.41. The van der Waals surface area contributed by atoms with Crippen LogP contribution in [0.1, 0.15) is 34.5 Å². The summed E-state index contributed by atoms with van der Waals surface area (Å²) < 4.78 is 11.0. The fourth-order valence-electron chi connectivity index (χ4n) is 3.46. The molecule has 0 unspecified atom stereocenters. The normalized spacial score (nSPS) is 17.8. The van der Waals surface area contributed by atoms with Crippen LogP contribution in [0.3, 0.4) is 0 Å². The second-order valence-electron chi connectivity index (χ2n) is 7.69. The van der Waals surface area contributed by atoms with E-state index in [-0.39, 0.29) is 5.91 Å². The van der Waals surface area contributed by atoms with E-state index >= 15 is 0 Å². The zero-order chi connectivity index (χ0) is 19.2. The second kappa shape index (κ2) is 9.37. The molecule has 1 aliphatic carbocycles. The van der Waals surface area contributed by atoms with Crippen LogP contribution in [0.25, 0.3) is 0 Å². The van der Waals surface area contributed by atoms with Gasteiger partial charge in [0.05, 0.1) is 26.0 Å². The van der Waals surface area contributed by atoms with Gasteiger partial charge in [-0.05, 0) is 42.7 Å². The highest BCUT2D eigenvalue weighted by Crippen LogP contribution is 2.19. The molecule has 6 nitrogen and oxygen atoms in total. The Labute approximate surface area is 166 Å². The Morgan fingerprint density at radius 1 is 1.11 bits per heavy atom. The van der Waals surface area contributed by atoms with Crippen LogP contribution in [0.4, 0.5) is 0 Å². The lowest BCUT2D eigenvalue weighted by Crippen LogP contribution is -2.41. The molecule has 1 aromatic carbocycles. The molecule has 150 valence electrons. The first kappa shape index (κ1) is 19.2. The van der Waals surface area contributed by atoms with Crippen molar-refractivity contribution < 1.29 is 13.9 Å². The average Bonchev–Trinajstić information content (AvgIpc) is 3.39. The third-order valence-corrected chi connectivity index (χ3v) is 5.33. The number of morpholine rings is 1. The lowest BCUT2D eigenvalue weighted by Gasteiger charge is -2.29. The summed E-state index contributed by atoms with van der Waals surface area (Å²) in [7, 11) is 0. The van der Waals surface area contributed by atoms with Crippen LogP contribution in [0, 0.1) is 0 Å². The van der Waals surface area contributed by atoms with Gasteiger partial charge in [0.1, 0.15) is 5.76 Å². The number of ether oxygens (including phenoxy) is 1. The van der Waals surface area contributed by atoms with Crippen molar-refractivity contribution in [2.45, 2.75) is 32.0 Å². The van der Waals surface area contributed by atoms with Crippen molar-refractivity contribution in [1.29, 1.82) is 0 Å². The highest BCUT2D eigenvalue weighted by atomic mass is 16.5. The Bertz CT molecular complexity index is 735. The van der Waals surface area contributed by atoms with Gasteiger partial charge in [0.15, 0.2) is 0 Å². The lowest BCUT2D eigenvalue weighted by molar-refractivity contribution is 0.0321. The monoisotopic (exact) mass is 383 g/mol. The summed E-state index contributed by atoms with van der Waals surface area (Å²) in [4.78, 5) is 17.0. The number of furan rings is 1. The Hall–Kier alpha value is -2.15. The number of nitrogens with zero attached hydrogens (tertiary/aromatic N) is 2. The topological polar surface area (TPSA) is 58.0 Å². The van der Waals surface area contributed by atoms with Gasteiger partial charge in [0, 0.05) is 44.3 Å². The maximum atomic E-state index is 12.2. The van der Waals surface area contributed by atoms with E-state index < -0.39 is 0 Å². The first-order valence-electron chi connectivity index (χ1n) is 10.2. The molecule has 6 heteroatoms. The van der Waals surface area contributed by atoms with Crippen LogP contribution in [-0.2, 0) is 17.8 Å². The first-order valence-corrected chi connectivity index (χ1v) is 10.2. The molecule has 0 spiro atoms. The SMILES string of the molecule is O=C(NC1CC1)c1ccc(CN(CCN2CCOCC2)Cc2ccco2)cc1. The van der Waals surface area contributed by atoms with Gasteiger partial charge in [-0.3, -0.25) is 14.6 Å². The van der Waals surface area contributed by atoms with Crippen LogP contribution in [-0.4, -0.2) is 61.1 Å². The lowest BCUT2D eigenvalue weighted by atomic mass is 10.1. The molecule has 0 bridgehead atoms. The number of rotatable bonds is 9. The minimum absolute atomic E-state index is 0.0359. The van der Waals surface area contributed by atoms with E-state index in [0.29, 0.717) is 6.04 Å². The van der Waals surface area contributed by atoms with Gasteiger partial charge in [0.2, 0.25) is 0 Å². The van der Waals surface area contributed by atoms with E-state index in [0.717, 1.165) is 76.6 Å². The van der Waals surface area contributed by atoms with Crippen molar-refractivity contribution in [3.8, 4) is 0 Å². The molecule has 4 rings (SSSR count). The van der Waals surface area contributed by atoms with Crippen LogP contribution in [0.2, 0.25) is 0 Å². The van der Waals surface area contributed by atoms with Crippen molar-refractivity contribution in [2.75, 3.05) is 39.4 Å². The Morgan fingerprint density at radius 3 is 2.57 bits per heavy atom. The quantitative estimate of drug-likeness (QED) is 0.721. The number of hydrogen-bond acceptors (Lipinski definition) is 5. The van der Waals surface area contributed by atoms with Gasteiger partial charge in [-0.1, -0.05) is 12.1 Å². The predicted molar refractivity (Wildman–Crippen MR) is 107 cm³/mol. The number of carbonyl (C=O) groups excluding carboxylic acids is 1. The molecule has 2 aromatic rings. The molecule has 1 saturated heterocycles. The summed E-state index contributed by atoms with van der Waals surface area (Å²) >= 11 is 0. The molecule has 1 N–H and O–H groups in total. The van der Waals surface area contributed by atoms with E-state index in [9.17, 15) is 4.79 Å². The zero-order valence-electron chi connectivity index (χ0n) is 16.3. The van der Waals surface area contributed by atoms with Gasteiger partial charge in [-0.15, -0.1) is 0 Å². The Balaban J connectivity index is 1.35. The number of benzene rings is 1. The van der Waals surface area contributed by atoms with Crippen molar-refractivity contribution in [3.05, 3.63) is 59.5 Å². The summed E-state index contributed by atoms with van der Waals surface area (Å²) in [5, 5.41) is 3.04. The summed E-state index contributed by atoms with van der Waals surface area (Å²) in [6, 6.07) is 12.3. The summed E-state index contributed by atoms with van der Waals surface area (Å²) in [6.45, 7) is 7.23. The van der Waals surface area contributed by atoms with Crippen LogP contribution >= 0.6 is 0 Å². The van der Waals surface area contributed by atoms with Crippen molar-refractivity contribution >= 4 is 5.91 Å². The maximum Gasteiger partial charge on any atom is 0.251 e. The fourth-order valence-corrected chi connectivity index (χ4v) is 3.46. The average molecular weight is 383 g/mol. The standard InChI is InChI=1S/C22H29N3O3/c26-22(23-20-7-8-20)19-5-3-18(4-6-19)16-25(17-21-2-1-13-28-21)10-9-24-11-14-27-15-12-24/h1-6,13,20H,7-12,14-17H2,(H,23,26). The highest BCUT2D eigenvalue weighted by Gasteiger charge is 2.23. The number of nitrogens with one attached hydrogen (secondary N) is 1. The molecule has 2 heterocycles. The zero-order valence-corrected chi connectivity index (χ0v) is 16.3. The molecule has 0 atom stereocenters. The number of hydrogen-bond donors (Lipinski definition) is 1. The maximum absolute atomic E-state index is 12.2. The minimum Gasteiger partial charge on any atom is -0.468 e. The molecular weight excluding hydrogens is 354 g/mol. The van der Waals surface area contributed by atoms with Crippen LogP contribution < -0.4 is 5.32 Å². The second-order valence-corrected chi connectivity index (χ2v) is 7.69. The van der Waals surface area contributed by atoms with Crippen LogP contribution in [0.15, 0.2) is 47.1 Å². The summed E-state index contributed by atoms with van der Waals surface area (Å²) in [5.41, 5.74) is 1.94. The van der Waals surface area contributed by atoms with Gasteiger partial charge in [-0.2, -0.15) is 0 Å². The first-order chi connectivity index (χ1) is 13.8. The van der Waals surface area contributed by atoms with E-state index in [1.54, 1.807) is 6.26 Å². The minimum atomic E-state index is 0.0359. The molecule has 0 radical (unpaired) electrons. The summed E-state index contributed by atoms with van der Waals surface area (Å²) in [6.07, 6.45) is 3.94. The van der Waals surface area contributed by atoms with Gasteiger partial charge in [0.25, 0.3) is 5.91 Å². The molecule has 2 fully saturated rings. The largest absolute Gasteiger partial charge is 0.468 e. The van der Waals surface area contributed by atoms with E-state index in [1.807, 2.05) is 24.3 Å². The van der Waals surface area contributed by atoms with Crippen molar-refractivity contribution in [1.82, 2.24) is 15.1 Å². The van der Waals surface area contributed by atoms with Crippen molar-refractivity contribution in [2.24, 2.45) is 0 Å². The van der Waals surface area contributed by atoms with E-state index in [2.05, 4.69) is 27.2 Å². The summed E-state index contributed by atoms with van der Waals surface area (Å²) in [5.74, 6) is 1.01. The highest BCUT2D eigenvalue weighted by molar-refractivity contribution is 5.94. The molecule has 1 aromatic heterocycles. The predicted octanol–water partition coefficient (Wildman–Crippen LogP) is 2.51. The van der Waals surface area contributed by atoms with E-state index in [4.69, 9.17) is 9.15 Å². The van der Waals surface area contributed by atoms with Crippen molar-refractivity contribution in [3.63, 3.8) is 0 Å². The fraction of sp³-hybridized carbons (Fsp3) is 0.500. The molecular formula is C22H29N3O3. The van der Waals surface area contributed by atoms with Crippen LogP contribution in [0.5, 0.6) is 0 Å². The van der Waals surface area contributed by atoms with Gasteiger partial charge < -0.3 is 14.5 Å². The Morgan fingerprint density at radius 2 is 1.89 bits per heavy atom. The number of carbonyl (C=O) groups is 1. The number of amides is 1. The molecule has 1 aliphatic heterocycles. The smallest absolute Gasteiger partial charge is 0.251 e. The third kappa shape index (κ3) is 5.67. The van der Waals surface area contributed by atoms with Gasteiger partial charge in [-0.25, -0.2) is 0 Å².